The van der Waals surface area contributed by atoms with Crippen molar-refractivity contribution in [2.45, 2.75) is 26.3 Å². The summed E-state index contributed by atoms with van der Waals surface area (Å²) in [7, 11) is 0. The van der Waals surface area contributed by atoms with Crippen LogP contribution in [0.4, 0.5) is 4.79 Å². The van der Waals surface area contributed by atoms with Gasteiger partial charge in [-0.1, -0.05) is 44.2 Å². The highest BCUT2D eigenvalue weighted by molar-refractivity contribution is 7.22. The van der Waals surface area contributed by atoms with Gasteiger partial charge in [-0.05, 0) is 52.1 Å². The number of thiophene rings is 1. The Kier molecular flexibility index (Phi) is 3.39. The van der Waals surface area contributed by atoms with Crippen molar-refractivity contribution >= 4 is 27.5 Å². The third-order valence-electron chi connectivity index (χ3n) is 4.86. The van der Waals surface area contributed by atoms with Gasteiger partial charge in [0.1, 0.15) is 0 Å². The van der Waals surface area contributed by atoms with Crippen LogP contribution in [0.1, 0.15) is 31.0 Å². The number of fused-ring (bicyclic) bond motifs is 2. The van der Waals surface area contributed by atoms with Gasteiger partial charge in [0, 0.05) is 9.58 Å². The Bertz CT molecular complexity index is 909. The van der Waals surface area contributed by atoms with E-state index in [1.165, 1.54) is 26.1 Å². The number of carbonyl (C=O) groups is 1. The molecule has 0 fully saturated rings. The Hall–Kier alpha value is -2.33. The van der Waals surface area contributed by atoms with Crippen LogP contribution < -0.4 is 5.32 Å². The molecule has 0 saturated heterocycles. The Morgan fingerprint density at radius 1 is 1.21 bits per heavy atom. The van der Waals surface area contributed by atoms with Gasteiger partial charge in [0.15, 0.2) is 0 Å². The summed E-state index contributed by atoms with van der Waals surface area (Å²) < 4.78 is 1.29. The normalized spacial score (nSPS) is 18.5. The highest BCUT2D eigenvalue weighted by Crippen LogP contribution is 2.46. The smallest absolute Gasteiger partial charge is 0.405 e. The van der Waals surface area contributed by atoms with Crippen molar-refractivity contribution in [2.24, 2.45) is 5.41 Å². The zero-order valence-electron chi connectivity index (χ0n) is 13.7. The van der Waals surface area contributed by atoms with E-state index in [4.69, 9.17) is 5.11 Å². The molecule has 0 saturated carbocycles. The van der Waals surface area contributed by atoms with Gasteiger partial charge in [0.2, 0.25) is 0 Å². The molecule has 3 aromatic rings. The van der Waals surface area contributed by atoms with Crippen LogP contribution in [0.5, 0.6) is 0 Å². The summed E-state index contributed by atoms with van der Waals surface area (Å²) in [6.07, 6.45) is -0.0825. The molecule has 1 heterocycles. The molecule has 1 unspecified atom stereocenters. The predicted molar refractivity (Wildman–Crippen MR) is 98.6 cm³/mol. The van der Waals surface area contributed by atoms with Crippen molar-refractivity contribution in [1.82, 2.24) is 5.32 Å². The SMILES string of the molecule is CC1(C)Cc2cc(-c3cc4ccccc4s3)ccc2C1NC(=O)O. The van der Waals surface area contributed by atoms with E-state index in [0.29, 0.717) is 0 Å². The first-order valence-corrected chi connectivity index (χ1v) is 8.87. The monoisotopic (exact) mass is 337 g/mol. The molecule has 2 aromatic carbocycles. The van der Waals surface area contributed by atoms with E-state index in [-0.39, 0.29) is 11.5 Å². The maximum atomic E-state index is 11.1. The molecule has 3 nitrogen and oxygen atoms in total. The maximum absolute atomic E-state index is 11.1. The molecule has 0 bridgehead atoms. The second kappa shape index (κ2) is 5.35. The summed E-state index contributed by atoms with van der Waals surface area (Å²) in [5.74, 6) is 0. The lowest BCUT2D eigenvalue weighted by Gasteiger charge is -2.27. The molecule has 1 aromatic heterocycles. The van der Waals surface area contributed by atoms with Crippen LogP contribution in [0.3, 0.4) is 0 Å². The summed E-state index contributed by atoms with van der Waals surface area (Å²) in [5.41, 5.74) is 3.45. The van der Waals surface area contributed by atoms with Crippen molar-refractivity contribution in [2.75, 3.05) is 0 Å². The largest absolute Gasteiger partial charge is 0.465 e. The molecule has 2 N–H and O–H groups in total. The standard InChI is InChI=1S/C20H19NO2S/c1-20(2)11-14-9-13(7-8-15(14)18(20)21-19(22)23)17-10-12-5-3-4-6-16(12)24-17/h3-10,18,21H,11H2,1-2H3,(H,22,23). The summed E-state index contributed by atoms with van der Waals surface area (Å²) in [4.78, 5) is 12.4. The van der Waals surface area contributed by atoms with Gasteiger partial charge in [-0.3, -0.25) is 0 Å². The molecule has 1 amide bonds. The quantitative estimate of drug-likeness (QED) is 0.652. The fourth-order valence-electron chi connectivity index (χ4n) is 3.73. The van der Waals surface area contributed by atoms with E-state index in [9.17, 15) is 4.79 Å². The first-order chi connectivity index (χ1) is 11.4. The molecular formula is C20H19NO2S. The zero-order valence-corrected chi connectivity index (χ0v) is 14.5. The number of carboxylic acid groups (broad SMARTS) is 1. The number of hydrogen-bond donors (Lipinski definition) is 2. The number of rotatable bonds is 2. The lowest BCUT2D eigenvalue weighted by atomic mass is 9.85. The van der Waals surface area contributed by atoms with Gasteiger partial charge in [-0.15, -0.1) is 11.3 Å². The van der Waals surface area contributed by atoms with Crippen LogP contribution in [0.25, 0.3) is 20.5 Å². The van der Waals surface area contributed by atoms with Gasteiger partial charge in [-0.25, -0.2) is 4.79 Å². The minimum absolute atomic E-state index is 0.112. The Morgan fingerprint density at radius 2 is 2.00 bits per heavy atom. The molecule has 1 aliphatic carbocycles. The van der Waals surface area contributed by atoms with E-state index >= 15 is 0 Å². The fourth-order valence-corrected chi connectivity index (χ4v) is 4.79. The third kappa shape index (κ3) is 2.47. The summed E-state index contributed by atoms with van der Waals surface area (Å²) >= 11 is 1.80. The van der Waals surface area contributed by atoms with E-state index < -0.39 is 6.09 Å². The number of nitrogens with one attached hydrogen (secondary N) is 1. The van der Waals surface area contributed by atoms with Gasteiger partial charge in [0.25, 0.3) is 0 Å². The summed E-state index contributed by atoms with van der Waals surface area (Å²) in [6.45, 7) is 4.24. The first-order valence-electron chi connectivity index (χ1n) is 8.05. The molecule has 0 radical (unpaired) electrons. The molecule has 1 atom stereocenters. The predicted octanol–water partition coefficient (Wildman–Crippen LogP) is 5.46. The Balaban J connectivity index is 1.75. The molecule has 4 heteroatoms. The molecule has 122 valence electrons. The molecule has 1 aliphatic rings. The van der Waals surface area contributed by atoms with Crippen LogP contribution in [0.2, 0.25) is 0 Å². The fraction of sp³-hybridized carbons (Fsp3) is 0.250. The number of hydrogen-bond acceptors (Lipinski definition) is 2. The van der Waals surface area contributed by atoms with Gasteiger partial charge in [-0.2, -0.15) is 0 Å². The van der Waals surface area contributed by atoms with Gasteiger partial charge in [0.05, 0.1) is 6.04 Å². The van der Waals surface area contributed by atoms with E-state index in [1.54, 1.807) is 11.3 Å². The summed E-state index contributed by atoms with van der Waals surface area (Å²) in [5, 5.41) is 13.1. The topological polar surface area (TPSA) is 49.3 Å². The minimum atomic E-state index is -0.963. The van der Waals surface area contributed by atoms with Crippen molar-refractivity contribution in [3.05, 3.63) is 59.7 Å². The summed E-state index contributed by atoms with van der Waals surface area (Å²) in [6, 6.07) is 16.9. The molecule has 4 rings (SSSR count). The average molecular weight is 337 g/mol. The molecule has 0 spiro atoms. The maximum Gasteiger partial charge on any atom is 0.405 e. The second-order valence-electron chi connectivity index (χ2n) is 7.11. The lowest BCUT2D eigenvalue weighted by molar-refractivity contribution is 0.175. The Labute approximate surface area is 144 Å². The molecule has 0 aliphatic heterocycles. The molecule has 24 heavy (non-hydrogen) atoms. The number of benzene rings is 2. The van der Waals surface area contributed by atoms with Crippen LogP contribution in [0, 0.1) is 5.41 Å². The molecular weight excluding hydrogens is 318 g/mol. The van der Waals surface area contributed by atoms with Gasteiger partial charge < -0.3 is 10.4 Å². The zero-order chi connectivity index (χ0) is 16.9. The van der Waals surface area contributed by atoms with Crippen LogP contribution >= 0.6 is 11.3 Å². The highest BCUT2D eigenvalue weighted by Gasteiger charge is 2.40. The van der Waals surface area contributed by atoms with Crippen molar-refractivity contribution in [3.63, 3.8) is 0 Å². The Morgan fingerprint density at radius 3 is 2.75 bits per heavy atom. The van der Waals surface area contributed by atoms with Gasteiger partial charge >= 0.3 is 6.09 Å². The second-order valence-corrected chi connectivity index (χ2v) is 8.19. The minimum Gasteiger partial charge on any atom is -0.465 e. The van der Waals surface area contributed by atoms with E-state index in [1.807, 2.05) is 0 Å². The first kappa shape index (κ1) is 15.2. The van der Waals surface area contributed by atoms with Crippen molar-refractivity contribution < 1.29 is 9.90 Å². The van der Waals surface area contributed by atoms with E-state index in [2.05, 4.69) is 67.7 Å². The van der Waals surface area contributed by atoms with E-state index in [0.717, 1.165) is 12.0 Å². The van der Waals surface area contributed by atoms with Crippen LogP contribution in [-0.4, -0.2) is 11.2 Å². The highest BCUT2D eigenvalue weighted by atomic mass is 32.1. The third-order valence-corrected chi connectivity index (χ3v) is 6.02. The van der Waals surface area contributed by atoms with Crippen molar-refractivity contribution in [3.8, 4) is 10.4 Å². The van der Waals surface area contributed by atoms with Crippen LogP contribution in [-0.2, 0) is 6.42 Å². The number of amides is 1. The van der Waals surface area contributed by atoms with Crippen molar-refractivity contribution in [1.29, 1.82) is 0 Å². The average Bonchev–Trinajstić information content (AvgIpc) is 3.05. The lowest BCUT2D eigenvalue weighted by Crippen LogP contribution is -2.34. The van der Waals surface area contributed by atoms with Crippen LogP contribution in [0.15, 0.2) is 48.5 Å².